The lowest BCUT2D eigenvalue weighted by molar-refractivity contribution is 0.0327. The maximum Gasteiger partial charge on any atom is 0.405 e. The SMILES string of the molecule is CCC(C)C[C@@H](CC(C)(C)OC(N)=O)N=[N+]=[N-]. The van der Waals surface area contributed by atoms with Crippen LogP contribution in [0.25, 0.3) is 10.4 Å². The molecule has 0 rings (SSSR count). The molecule has 17 heavy (non-hydrogen) atoms. The van der Waals surface area contributed by atoms with Crippen LogP contribution in [-0.4, -0.2) is 17.7 Å². The first-order chi connectivity index (χ1) is 7.80. The van der Waals surface area contributed by atoms with Crippen LogP contribution in [0.5, 0.6) is 0 Å². The average Bonchev–Trinajstić information content (AvgIpc) is 2.14. The second-order valence-electron chi connectivity index (χ2n) is 4.99. The smallest absolute Gasteiger partial charge is 0.405 e. The zero-order valence-corrected chi connectivity index (χ0v) is 11.0. The number of amides is 1. The van der Waals surface area contributed by atoms with E-state index in [1.807, 2.05) is 0 Å². The van der Waals surface area contributed by atoms with Crippen LogP contribution in [-0.2, 0) is 4.74 Å². The number of hydrogen-bond acceptors (Lipinski definition) is 3. The molecule has 1 unspecified atom stereocenters. The fourth-order valence-electron chi connectivity index (χ4n) is 1.76. The van der Waals surface area contributed by atoms with Gasteiger partial charge in [0, 0.05) is 11.0 Å². The lowest BCUT2D eigenvalue weighted by Gasteiger charge is -2.28. The van der Waals surface area contributed by atoms with Crippen LogP contribution < -0.4 is 5.73 Å². The van der Waals surface area contributed by atoms with Gasteiger partial charge in [-0.05, 0) is 38.1 Å². The fourth-order valence-corrected chi connectivity index (χ4v) is 1.76. The van der Waals surface area contributed by atoms with Crippen molar-refractivity contribution in [3.8, 4) is 0 Å². The number of carbonyl (C=O) groups excluding carboxylic acids is 1. The molecule has 0 aliphatic heterocycles. The highest BCUT2D eigenvalue weighted by atomic mass is 16.6. The summed E-state index contributed by atoms with van der Waals surface area (Å²) in [5.74, 6) is 0.467. The van der Waals surface area contributed by atoms with Crippen LogP contribution in [0, 0.1) is 5.92 Å². The Kier molecular flexibility index (Phi) is 6.43. The van der Waals surface area contributed by atoms with Gasteiger partial charge in [-0.25, -0.2) is 4.79 Å². The maximum absolute atomic E-state index is 10.7. The molecule has 0 heterocycles. The zero-order valence-electron chi connectivity index (χ0n) is 11.0. The van der Waals surface area contributed by atoms with Crippen molar-refractivity contribution in [1.29, 1.82) is 0 Å². The van der Waals surface area contributed by atoms with Crippen molar-refractivity contribution < 1.29 is 9.53 Å². The molecule has 1 amide bonds. The summed E-state index contributed by atoms with van der Waals surface area (Å²) in [4.78, 5) is 13.6. The van der Waals surface area contributed by atoms with Gasteiger partial charge in [0.1, 0.15) is 5.60 Å². The van der Waals surface area contributed by atoms with E-state index in [9.17, 15) is 4.79 Å². The van der Waals surface area contributed by atoms with Gasteiger partial charge in [-0.2, -0.15) is 0 Å². The van der Waals surface area contributed by atoms with E-state index in [4.69, 9.17) is 16.0 Å². The Labute approximate surface area is 102 Å². The van der Waals surface area contributed by atoms with Crippen LogP contribution in [0.15, 0.2) is 5.11 Å². The first-order valence-electron chi connectivity index (χ1n) is 5.83. The molecule has 2 N–H and O–H groups in total. The number of rotatable bonds is 7. The van der Waals surface area contributed by atoms with Gasteiger partial charge in [-0.15, -0.1) is 0 Å². The van der Waals surface area contributed by atoms with Crippen LogP contribution in [0.2, 0.25) is 0 Å². The standard InChI is InChI=1S/C11H22N4O2/c1-5-8(2)6-9(14-15-13)7-11(3,4)17-10(12)16/h8-9H,5-7H2,1-4H3,(H2,12,16)/t8?,9-/m0/s1. The number of carbonyl (C=O) groups is 1. The Balaban J connectivity index is 4.52. The molecule has 6 heteroatoms. The second kappa shape index (κ2) is 7.01. The minimum absolute atomic E-state index is 0.177. The summed E-state index contributed by atoms with van der Waals surface area (Å²) in [5, 5.41) is 3.75. The van der Waals surface area contributed by atoms with Gasteiger partial charge >= 0.3 is 6.09 Å². The molecule has 0 bridgehead atoms. The van der Waals surface area contributed by atoms with E-state index in [2.05, 4.69) is 23.9 Å². The fraction of sp³-hybridized carbons (Fsp3) is 0.909. The molecule has 0 aromatic carbocycles. The average molecular weight is 242 g/mol. The lowest BCUT2D eigenvalue weighted by atomic mass is 9.91. The first-order valence-corrected chi connectivity index (χ1v) is 5.83. The molecular formula is C11H22N4O2. The van der Waals surface area contributed by atoms with Crippen LogP contribution in [0.3, 0.4) is 0 Å². The quantitative estimate of drug-likeness (QED) is 0.420. The predicted molar refractivity (Wildman–Crippen MR) is 66.4 cm³/mol. The second-order valence-corrected chi connectivity index (χ2v) is 4.99. The van der Waals surface area contributed by atoms with Gasteiger partial charge in [0.25, 0.3) is 0 Å². The van der Waals surface area contributed by atoms with E-state index in [1.165, 1.54) is 0 Å². The Morgan fingerprint density at radius 1 is 1.59 bits per heavy atom. The summed E-state index contributed by atoms with van der Waals surface area (Å²) in [6, 6.07) is -0.177. The highest BCUT2D eigenvalue weighted by Crippen LogP contribution is 2.24. The van der Waals surface area contributed by atoms with Crippen molar-refractivity contribution >= 4 is 6.09 Å². The highest BCUT2D eigenvalue weighted by Gasteiger charge is 2.26. The zero-order chi connectivity index (χ0) is 13.5. The van der Waals surface area contributed by atoms with E-state index in [0.717, 1.165) is 12.8 Å². The molecule has 0 aromatic rings. The van der Waals surface area contributed by atoms with Crippen molar-refractivity contribution in [2.24, 2.45) is 16.8 Å². The van der Waals surface area contributed by atoms with Gasteiger partial charge in [-0.3, -0.25) is 0 Å². The normalized spacial score (nSPS) is 14.6. The first kappa shape index (κ1) is 15.6. The third-order valence-corrected chi connectivity index (χ3v) is 2.69. The summed E-state index contributed by atoms with van der Waals surface area (Å²) in [5.41, 5.74) is 12.8. The number of hydrogen-bond donors (Lipinski definition) is 1. The number of primary amides is 1. The molecular weight excluding hydrogens is 220 g/mol. The van der Waals surface area contributed by atoms with Gasteiger partial charge in [0.2, 0.25) is 0 Å². The summed E-state index contributed by atoms with van der Waals surface area (Å²) in [6.45, 7) is 7.70. The molecule has 98 valence electrons. The third-order valence-electron chi connectivity index (χ3n) is 2.69. The molecule has 0 spiro atoms. The Morgan fingerprint density at radius 3 is 2.59 bits per heavy atom. The Hall–Kier alpha value is -1.42. The number of nitrogens with zero attached hydrogens (tertiary/aromatic N) is 3. The molecule has 0 aliphatic rings. The Morgan fingerprint density at radius 2 is 2.18 bits per heavy atom. The van der Waals surface area contributed by atoms with Crippen LogP contribution in [0.1, 0.15) is 47.0 Å². The number of nitrogens with two attached hydrogens (primary N) is 1. The molecule has 0 fully saturated rings. The van der Waals surface area contributed by atoms with Crippen molar-refractivity contribution in [2.75, 3.05) is 0 Å². The van der Waals surface area contributed by atoms with Crippen LogP contribution in [0.4, 0.5) is 4.79 Å². The minimum atomic E-state index is -0.807. The van der Waals surface area contributed by atoms with E-state index < -0.39 is 11.7 Å². The van der Waals surface area contributed by atoms with Gasteiger partial charge in [0.05, 0.1) is 0 Å². The van der Waals surface area contributed by atoms with Crippen molar-refractivity contribution in [3.05, 3.63) is 10.4 Å². The molecule has 0 radical (unpaired) electrons. The van der Waals surface area contributed by atoms with Gasteiger partial charge in [0.15, 0.2) is 0 Å². The summed E-state index contributed by atoms with van der Waals surface area (Å²) in [6.07, 6.45) is 1.48. The summed E-state index contributed by atoms with van der Waals surface area (Å²) >= 11 is 0. The summed E-state index contributed by atoms with van der Waals surface area (Å²) < 4.78 is 4.99. The van der Waals surface area contributed by atoms with Crippen molar-refractivity contribution in [3.63, 3.8) is 0 Å². The third kappa shape index (κ3) is 7.47. The number of ether oxygens (including phenoxy) is 1. The molecule has 0 saturated heterocycles. The predicted octanol–water partition coefficient (Wildman–Crippen LogP) is 3.37. The van der Waals surface area contributed by atoms with E-state index >= 15 is 0 Å². The lowest BCUT2D eigenvalue weighted by Crippen LogP contribution is -2.34. The van der Waals surface area contributed by atoms with E-state index in [1.54, 1.807) is 13.8 Å². The molecule has 6 nitrogen and oxygen atoms in total. The van der Waals surface area contributed by atoms with Crippen molar-refractivity contribution in [1.82, 2.24) is 0 Å². The summed E-state index contributed by atoms with van der Waals surface area (Å²) in [7, 11) is 0. The van der Waals surface area contributed by atoms with Crippen LogP contribution >= 0.6 is 0 Å². The molecule has 2 atom stereocenters. The topological polar surface area (TPSA) is 101 Å². The number of azide groups is 1. The van der Waals surface area contributed by atoms with Crippen molar-refractivity contribution in [2.45, 2.75) is 58.6 Å². The Bertz CT molecular complexity index is 298. The highest BCUT2D eigenvalue weighted by molar-refractivity contribution is 5.65. The molecule has 0 aromatic heterocycles. The molecule has 0 aliphatic carbocycles. The van der Waals surface area contributed by atoms with Gasteiger partial charge < -0.3 is 10.5 Å². The van der Waals surface area contributed by atoms with E-state index in [0.29, 0.717) is 12.3 Å². The maximum atomic E-state index is 10.7. The minimum Gasteiger partial charge on any atom is -0.444 e. The van der Waals surface area contributed by atoms with E-state index in [-0.39, 0.29) is 6.04 Å². The monoisotopic (exact) mass is 242 g/mol. The van der Waals surface area contributed by atoms with Gasteiger partial charge in [-0.1, -0.05) is 25.4 Å². The molecule has 0 saturated carbocycles. The largest absolute Gasteiger partial charge is 0.444 e.